The van der Waals surface area contributed by atoms with Crippen molar-refractivity contribution in [2.45, 2.75) is 38.0 Å². The Morgan fingerprint density at radius 1 is 0.565 bits per heavy atom. The van der Waals surface area contributed by atoms with Gasteiger partial charge in [-0.05, 0) is 53.8 Å². The van der Waals surface area contributed by atoms with E-state index in [2.05, 4.69) is 64.0 Å². The number of furan rings is 1. The van der Waals surface area contributed by atoms with E-state index in [9.17, 15) is 0 Å². The van der Waals surface area contributed by atoms with Crippen LogP contribution in [0.25, 0.3) is 90.3 Å². The second-order valence-corrected chi connectivity index (χ2v) is 15.3. The summed E-state index contributed by atoms with van der Waals surface area (Å²) in [7, 11) is 2.08. The summed E-state index contributed by atoms with van der Waals surface area (Å²) in [5.74, 6) is 3.37. The van der Waals surface area contributed by atoms with E-state index in [0.29, 0.717) is 34.5 Å². The maximum absolute atomic E-state index is 6.28. The Morgan fingerprint density at radius 2 is 1.26 bits per heavy atom. The Balaban J connectivity index is 0.000000170. The predicted octanol–water partition coefficient (Wildman–Crippen LogP) is 12.6. The van der Waals surface area contributed by atoms with E-state index < -0.39 is 0 Å². The Morgan fingerprint density at radius 3 is 1.94 bits per heavy atom. The molecule has 0 N–H and O–H groups in total. The van der Waals surface area contributed by atoms with Gasteiger partial charge in [0.05, 0.1) is 17.1 Å². The third-order valence-corrected chi connectivity index (χ3v) is 11.4. The number of hydrogen-bond acceptors (Lipinski definition) is 7. The van der Waals surface area contributed by atoms with Crippen molar-refractivity contribution in [3.63, 3.8) is 0 Å². The fourth-order valence-corrected chi connectivity index (χ4v) is 8.19. The topological polar surface area (TPSA) is 95.4 Å². The molecule has 8 nitrogen and oxygen atoms in total. The van der Waals surface area contributed by atoms with Crippen LogP contribution in [-0.4, -0.2) is 34.5 Å². The van der Waals surface area contributed by atoms with Crippen molar-refractivity contribution in [2.24, 2.45) is 7.05 Å². The van der Waals surface area contributed by atoms with Crippen LogP contribution in [0, 0.1) is 12.1 Å². The molecule has 9 heteroatoms. The van der Waals surface area contributed by atoms with E-state index in [4.69, 9.17) is 24.4 Å². The van der Waals surface area contributed by atoms with Gasteiger partial charge in [0.2, 0.25) is 5.71 Å². The number of hydrogen-bond donors (Lipinski definition) is 0. The molecule has 0 aliphatic heterocycles. The normalized spacial score (nSPS) is 12.7. The Hall–Kier alpha value is -6.93. The van der Waals surface area contributed by atoms with Gasteiger partial charge in [-0.1, -0.05) is 127 Å². The van der Waals surface area contributed by atoms with Crippen LogP contribution in [0.2, 0.25) is 0 Å². The molecule has 0 unspecified atom stereocenters. The first-order valence-electron chi connectivity index (χ1n) is 20.8. The number of imidazole rings is 1. The summed E-state index contributed by atoms with van der Waals surface area (Å²) in [4.78, 5) is 28.2. The first-order valence-corrected chi connectivity index (χ1v) is 20.8. The Kier molecular flexibility index (Phi) is 12.0. The van der Waals surface area contributed by atoms with E-state index in [1.54, 1.807) is 6.20 Å². The molecule has 5 aromatic heterocycles. The minimum atomic E-state index is 0. The average Bonchev–Trinajstić information content (AvgIpc) is 3.93. The monoisotopic (exact) mass is 984 g/mol. The maximum atomic E-state index is 6.28. The average molecular weight is 984 g/mol. The zero-order valence-electron chi connectivity index (χ0n) is 34.1. The summed E-state index contributed by atoms with van der Waals surface area (Å²) < 4.78 is 8.43. The van der Waals surface area contributed by atoms with Crippen molar-refractivity contribution in [2.75, 3.05) is 0 Å². The van der Waals surface area contributed by atoms with E-state index in [1.165, 1.54) is 43.2 Å². The van der Waals surface area contributed by atoms with Crippen molar-refractivity contribution in [3.8, 4) is 68.2 Å². The second kappa shape index (κ2) is 18.4. The molecule has 0 atom stereocenters. The molecule has 1 fully saturated rings. The summed E-state index contributed by atoms with van der Waals surface area (Å²) >= 11 is 0. The van der Waals surface area contributed by atoms with E-state index in [-0.39, 0.29) is 20.1 Å². The van der Waals surface area contributed by atoms with Crippen molar-refractivity contribution in [1.29, 1.82) is 0 Å². The van der Waals surface area contributed by atoms with E-state index >= 15 is 0 Å². The number of aromatic nitrogens is 7. The molecule has 1 radical (unpaired) electrons. The molecule has 1 saturated carbocycles. The van der Waals surface area contributed by atoms with Crippen LogP contribution >= 0.6 is 0 Å². The maximum Gasteiger partial charge on any atom is 0.216 e. The quantitative estimate of drug-likeness (QED) is 0.147. The Labute approximate surface area is 374 Å². The zero-order valence-corrected chi connectivity index (χ0v) is 36.5. The van der Waals surface area contributed by atoms with Crippen molar-refractivity contribution in [1.82, 2.24) is 34.5 Å². The first-order chi connectivity index (χ1) is 30.2. The fraction of sp³-hybridized carbons (Fsp3) is 0.132. The summed E-state index contributed by atoms with van der Waals surface area (Å²) in [6.45, 7) is 0. The van der Waals surface area contributed by atoms with Gasteiger partial charge in [-0.25, -0.2) is 19.9 Å². The van der Waals surface area contributed by atoms with Crippen LogP contribution in [0.3, 0.4) is 0 Å². The molecule has 1 aliphatic rings. The number of fused-ring (bicyclic) bond motifs is 3. The van der Waals surface area contributed by atoms with Gasteiger partial charge in [0.1, 0.15) is 5.69 Å². The van der Waals surface area contributed by atoms with Crippen LogP contribution in [0.15, 0.2) is 168 Å². The van der Waals surface area contributed by atoms with Crippen molar-refractivity contribution < 1.29 is 24.5 Å². The first kappa shape index (κ1) is 40.5. The van der Waals surface area contributed by atoms with Crippen LogP contribution in [0.5, 0.6) is 0 Å². The second-order valence-electron chi connectivity index (χ2n) is 15.3. The number of benzene rings is 5. The molecule has 11 rings (SSSR count). The summed E-state index contributed by atoms with van der Waals surface area (Å²) in [6.07, 6.45) is 10.6. The van der Waals surface area contributed by atoms with Crippen molar-refractivity contribution >= 4 is 22.1 Å². The molecule has 0 spiro atoms. The van der Waals surface area contributed by atoms with Gasteiger partial charge >= 0.3 is 0 Å². The minimum Gasteiger partial charge on any atom is -0.486 e. The third-order valence-electron chi connectivity index (χ3n) is 11.4. The molecule has 5 heterocycles. The molecule has 10 aromatic rings. The van der Waals surface area contributed by atoms with Gasteiger partial charge in [0.25, 0.3) is 0 Å². The van der Waals surface area contributed by atoms with Crippen LogP contribution in [0.1, 0.15) is 43.6 Å². The molecule has 62 heavy (non-hydrogen) atoms. The molecule has 0 saturated heterocycles. The van der Waals surface area contributed by atoms with Gasteiger partial charge in [-0.3, -0.25) is 4.98 Å². The van der Waals surface area contributed by atoms with Crippen molar-refractivity contribution in [3.05, 3.63) is 182 Å². The zero-order chi connectivity index (χ0) is 41.0. The standard InChI is InChI=1S/C31H18N5O.C22H23N2.Ir/c1-3-10-20(11-4-1)28-34-29(21-12-5-2-6-13-21)36-30(35-28)26-18-17-23-22-14-9-15-24(25-16-7-8-19-32-25)27(22)37-31(23)33-26;1-24-21(16-23-22(24)20-10-6-3-7-11-20)19-14-12-18(13-15-19)17-8-4-2-5-9-17;/h1-14,16-19H;3,6-7,10,12-17H,2,4-5,8-9H2,1H3;/q2*-1;. The summed E-state index contributed by atoms with van der Waals surface area (Å²) in [5.41, 5.74) is 10.1. The number of rotatable bonds is 7. The van der Waals surface area contributed by atoms with Gasteiger partial charge in [-0.15, -0.1) is 54.1 Å². The summed E-state index contributed by atoms with van der Waals surface area (Å²) in [5, 5.41) is 1.87. The third kappa shape index (κ3) is 8.38. The van der Waals surface area contributed by atoms with Gasteiger partial charge < -0.3 is 14.0 Å². The molecular formula is C53H41IrN7O-2. The molecule has 305 valence electrons. The fourth-order valence-electron chi connectivity index (χ4n) is 8.19. The molecule has 1 aliphatic carbocycles. The minimum absolute atomic E-state index is 0. The Bertz CT molecular complexity index is 3000. The van der Waals surface area contributed by atoms with Gasteiger partial charge in [-0.2, -0.15) is 0 Å². The number of pyridine rings is 2. The molecular weight excluding hydrogens is 943 g/mol. The van der Waals surface area contributed by atoms with Crippen LogP contribution in [-0.2, 0) is 27.2 Å². The number of nitrogens with zero attached hydrogens (tertiary/aromatic N) is 7. The predicted molar refractivity (Wildman–Crippen MR) is 242 cm³/mol. The SMILES string of the molecule is Cn1c(-c2ccc(C3CCCCC3)cc2)cnc1-c1[c-]cccc1.[Ir].[c-]1ccc2c(oc3nc(-c4nc(-c5ccccc5)nc(-c5ccccc5)n4)ccc32)c1-c1ccccn1. The largest absolute Gasteiger partial charge is 0.486 e. The summed E-state index contributed by atoms with van der Waals surface area (Å²) in [6, 6.07) is 57.0. The van der Waals surface area contributed by atoms with Gasteiger partial charge in [0.15, 0.2) is 17.5 Å². The van der Waals surface area contributed by atoms with Crippen LogP contribution in [0.4, 0.5) is 0 Å². The molecule has 0 amide bonds. The van der Waals surface area contributed by atoms with Gasteiger partial charge in [0, 0.05) is 56.1 Å². The van der Waals surface area contributed by atoms with E-state index in [0.717, 1.165) is 56.2 Å². The smallest absolute Gasteiger partial charge is 0.216 e. The van der Waals surface area contributed by atoms with E-state index in [1.807, 2.05) is 128 Å². The molecule has 0 bridgehead atoms. The molecule has 5 aromatic carbocycles. The van der Waals surface area contributed by atoms with Crippen LogP contribution < -0.4 is 0 Å².